The van der Waals surface area contributed by atoms with E-state index in [1.165, 1.54) is 35.4 Å². The van der Waals surface area contributed by atoms with Crippen LogP contribution in [0, 0.1) is 6.92 Å². The second kappa shape index (κ2) is 9.20. The van der Waals surface area contributed by atoms with Crippen LogP contribution in [0.5, 0.6) is 5.75 Å². The van der Waals surface area contributed by atoms with Gasteiger partial charge < -0.3 is 19.7 Å². The number of aryl methyl sites for hydroxylation is 1. The summed E-state index contributed by atoms with van der Waals surface area (Å²) in [5.41, 5.74) is 3.63. The van der Waals surface area contributed by atoms with E-state index in [-0.39, 0.29) is 18.7 Å². The molecule has 0 fully saturated rings. The fraction of sp³-hybridized carbons (Fsp3) is 0.185. The van der Waals surface area contributed by atoms with Crippen LogP contribution in [0.25, 0.3) is 28.0 Å². The highest BCUT2D eigenvalue weighted by atomic mass is 16.5. The van der Waals surface area contributed by atoms with Gasteiger partial charge >= 0.3 is 0 Å². The first-order valence-corrected chi connectivity index (χ1v) is 11.9. The maximum atomic E-state index is 13.6. The van der Waals surface area contributed by atoms with Crippen molar-refractivity contribution < 1.29 is 19.4 Å². The molecule has 0 radical (unpaired) electrons. The number of carbonyl (C=O) groups excluding carboxylic acids is 2. The van der Waals surface area contributed by atoms with E-state index in [1.54, 1.807) is 13.1 Å². The van der Waals surface area contributed by atoms with Gasteiger partial charge in [-0.3, -0.25) is 14.6 Å². The van der Waals surface area contributed by atoms with Crippen molar-refractivity contribution in [2.45, 2.75) is 19.6 Å². The van der Waals surface area contributed by atoms with Gasteiger partial charge in [0.25, 0.3) is 11.7 Å². The minimum Gasteiger partial charge on any atom is -0.494 e. The number of benzene rings is 1. The summed E-state index contributed by atoms with van der Waals surface area (Å²) in [5.74, 6) is -0.159. The normalized spacial score (nSPS) is 14.9. The molecule has 0 spiro atoms. The number of aliphatic hydroxyl groups excluding tert-OH is 1. The second-order valence-corrected chi connectivity index (χ2v) is 8.96. The Bertz CT molecular complexity index is 1690. The molecule has 11 heteroatoms. The summed E-state index contributed by atoms with van der Waals surface area (Å²) in [5, 5.41) is 15.6. The third-order valence-corrected chi connectivity index (χ3v) is 6.68. The first kappa shape index (κ1) is 23.5. The van der Waals surface area contributed by atoms with Crippen molar-refractivity contribution >= 4 is 22.6 Å². The summed E-state index contributed by atoms with van der Waals surface area (Å²) in [6.07, 6.45) is 5.21. The third kappa shape index (κ3) is 3.80. The Kier molecular flexibility index (Phi) is 5.69. The van der Waals surface area contributed by atoms with E-state index >= 15 is 0 Å². The lowest BCUT2D eigenvalue weighted by Crippen LogP contribution is -2.42. The number of aliphatic hydroxyl groups is 1. The van der Waals surface area contributed by atoms with Crippen LogP contribution in [0.2, 0.25) is 0 Å². The van der Waals surface area contributed by atoms with Crippen LogP contribution in [-0.4, -0.2) is 65.1 Å². The summed E-state index contributed by atoms with van der Waals surface area (Å²) in [7, 11) is 1.47. The summed E-state index contributed by atoms with van der Waals surface area (Å²) >= 11 is 0. The average molecular weight is 510 g/mol. The standard InChI is InChI=1S/C27H23N7O4/c1-15-31-14-34(32-15)26-24-23(22(38-2)11-30-26)18(10-29-24)25(36)27(37)33-12-19-16(20-8-3-4-9-28-20)6-5-7-17(19)21(35)13-33/h3-11,14,21,29,35H,12-13H2,1-2H3. The Morgan fingerprint density at radius 3 is 2.74 bits per heavy atom. The number of β-amino-alcohol motifs (C(OH)–C–C–N with tert-alkyl or cyclic N) is 1. The van der Waals surface area contributed by atoms with Crippen LogP contribution in [0.15, 0.2) is 61.3 Å². The van der Waals surface area contributed by atoms with Crippen LogP contribution in [0.4, 0.5) is 0 Å². The van der Waals surface area contributed by atoms with E-state index in [2.05, 4.69) is 25.0 Å². The molecular formula is C27H23N7O4. The number of methoxy groups -OCH3 is 1. The highest BCUT2D eigenvalue weighted by molar-refractivity contribution is 6.45. The third-order valence-electron chi connectivity index (χ3n) is 6.68. The number of ketones is 1. The van der Waals surface area contributed by atoms with Crippen LogP contribution in [0.3, 0.4) is 0 Å². The number of carbonyl (C=O) groups is 2. The Hall–Kier alpha value is -4.90. The number of rotatable bonds is 5. The number of nitrogens with zero attached hydrogens (tertiary/aromatic N) is 6. The van der Waals surface area contributed by atoms with Gasteiger partial charge in [-0.25, -0.2) is 14.6 Å². The summed E-state index contributed by atoms with van der Waals surface area (Å²) in [4.78, 5) is 44.5. The van der Waals surface area contributed by atoms with Crippen LogP contribution < -0.4 is 4.74 Å². The number of nitrogens with one attached hydrogen (secondary N) is 1. The number of pyridine rings is 2. The molecule has 1 aromatic carbocycles. The SMILES string of the molecule is COc1cnc(-n2cnc(C)n2)c2[nH]cc(C(=O)C(=O)N3Cc4c(-c5ccccn5)cccc4C(O)C3)c12. The van der Waals surface area contributed by atoms with Crippen molar-refractivity contribution in [1.29, 1.82) is 0 Å². The van der Waals surface area contributed by atoms with Crippen molar-refractivity contribution in [2.24, 2.45) is 0 Å². The van der Waals surface area contributed by atoms with E-state index < -0.39 is 17.8 Å². The molecule has 1 unspecified atom stereocenters. The number of aromatic nitrogens is 6. The highest BCUT2D eigenvalue weighted by Gasteiger charge is 2.34. The predicted molar refractivity (Wildman–Crippen MR) is 137 cm³/mol. The molecule has 2 N–H and O–H groups in total. The lowest BCUT2D eigenvalue weighted by molar-refractivity contribution is -0.129. The van der Waals surface area contributed by atoms with Gasteiger partial charge in [-0.15, -0.1) is 0 Å². The van der Waals surface area contributed by atoms with Crippen LogP contribution in [0.1, 0.15) is 33.4 Å². The van der Waals surface area contributed by atoms with Gasteiger partial charge in [0.15, 0.2) is 5.82 Å². The highest BCUT2D eigenvalue weighted by Crippen LogP contribution is 2.35. The monoisotopic (exact) mass is 509 g/mol. The number of aromatic amines is 1. The van der Waals surface area contributed by atoms with Gasteiger partial charge in [0.2, 0.25) is 0 Å². The number of hydrogen-bond acceptors (Lipinski definition) is 8. The molecule has 5 aromatic rings. The van der Waals surface area contributed by atoms with Crippen molar-refractivity contribution in [2.75, 3.05) is 13.7 Å². The molecule has 1 atom stereocenters. The molecular weight excluding hydrogens is 486 g/mol. The van der Waals surface area contributed by atoms with E-state index in [9.17, 15) is 14.7 Å². The molecule has 11 nitrogen and oxygen atoms in total. The summed E-state index contributed by atoms with van der Waals surface area (Å²) < 4.78 is 6.96. The lowest BCUT2D eigenvalue weighted by Gasteiger charge is -2.33. The zero-order valence-electron chi connectivity index (χ0n) is 20.6. The topological polar surface area (TPSA) is 139 Å². The van der Waals surface area contributed by atoms with Crippen molar-refractivity contribution in [1.82, 2.24) is 34.6 Å². The first-order valence-electron chi connectivity index (χ1n) is 11.9. The molecule has 190 valence electrons. The zero-order valence-corrected chi connectivity index (χ0v) is 20.6. The van der Waals surface area contributed by atoms with Gasteiger partial charge in [-0.05, 0) is 30.2 Å². The fourth-order valence-electron chi connectivity index (χ4n) is 4.89. The van der Waals surface area contributed by atoms with Crippen LogP contribution in [-0.2, 0) is 11.3 Å². The largest absolute Gasteiger partial charge is 0.494 e. The first-order chi connectivity index (χ1) is 18.5. The average Bonchev–Trinajstić information content (AvgIpc) is 3.59. The molecule has 4 aromatic heterocycles. The Balaban J connectivity index is 1.37. The number of fused-ring (bicyclic) bond motifs is 2. The van der Waals surface area contributed by atoms with Crippen LogP contribution >= 0.6 is 0 Å². The number of ether oxygens (including phenoxy) is 1. The maximum absolute atomic E-state index is 13.6. The molecule has 1 aliphatic heterocycles. The molecule has 5 heterocycles. The maximum Gasteiger partial charge on any atom is 0.295 e. The molecule has 38 heavy (non-hydrogen) atoms. The van der Waals surface area contributed by atoms with Crippen molar-refractivity contribution in [3.63, 3.8) is 0 Å². The van der Waals surface area contributed by atoms with Gasteiger partial charge in [-0.1, -0.05) is 24.3 Å². The second-order valence-electron chi connectivity index (χ2n) is 8.96. The van der Waals surface area contributed by atoms with E-state index in [1.807, 2.05) is 36.4 Å². The van der Waals surface area contributed by atoms with Crippen molar-refractivity contribution in [3.05, 3.63) is 83.8 Å². The quantitative estimate of drug-likeness (QED) is 0.272. The summed E-state index contributed by atoms with van der Waals surface area (Å²) in [6.45, 7) is 1.91. The molecule has 0 aliphatic carbocycles. The number of hydrogen-bond donors (Lipinski definition) is 2. The summed E-state index contributed by atoms with van der Waals surface area (Å²) in [6, 6.07) is 11.2. The molecule has 1 aliphatic rings. The Morgan fingerprint density at radius 2 is 2.00 bits per heavy atom. The Morgan fingerprint density at radius 1 is 1.13 bits per heavy atom. The molecule has 6 rings (SSSR count). The van der Waals surface area contributed by atoms with Gasteiger partial charge in [0, 0.05) is 24.5 Å². The van der Waals surface area contributed by atoms with Crippen molar-refractivity contribution in [3.8, 4) is 22.8 Å². The molecule has 0 saturated heterocycles. The predicted octanol–water partition coefficient (Wildman–Crippen LogP) is 2.78. The van der Waals surface area contributed by atoms with E-state index in [0.717, 1.165) is 22.4 Å². The molecule has 0 bridgehead atoms. The molecule has 0 saturated carbocycles. The van der Waals surface area contributed by atoms with E-state index in [0.29, 0.717) is 28.3 Å². The Labute approximate surface area is 216 Å². The van der Waals surface area contributed by atoms with Gasteiger partial charge in [-0.2, -0.15) is 5.10 Å². The molecule has 1 amide bonds. The van der Waals surface area contributed by atoms with Gasteiger partial charge in [0.05, 0.1) is 48.1 Å². The minimum absolute atomic E-state index is 0.00618. The fourth-order valence-corrected chi connectivity index (χ4v) is 4.89. The number of amides is 1. The lowest BCUT2D eigenvalue weighted by atomic mass is 9.91. The number of H-pyrrole nitrogens is 1. The minimum atomic E-state index is -0.942. The zero-order chi connectivity index (χ0) is 26.4. The van der Waals surface area contributed by atoms with Gasteiger partial charge in [0.1, 0.15) is 17.9 Å². The number of Topliss-reactive ketones (excluding diaryl/α,β-unsaturated/α-hetero) is 1. The smallest absolute Gasteiger partial charge is 0.295 e. The van der Waals surface area contributed by atoms with E-state index in [4.69, 9.17) is 4.74 Å².